The second-order valence-electron chi connectivity index (χ2n) is 5.12. The Labute approximate surface area is 123 Å². The fourth-order valence-corrected chi connectivity index (χ4v) is 2.27. The van der Waals surface area contributed by atoms with Crippen LogP contribution >= 0.6 is 0 Å². The van der Waals surface area contributed by atoms with Crippen LogP contribution in [0.5, 0.6) is 5.75 Å². The van der Waals surface area contributed by atoms with Crippen molar-refractivity contribution in [1.29, 1.82) is 0 Å². The predicted octanol–water partition coefficient (Wildman–Crippen LogP) is 3.10. The summed E-state index contributed by atoms with van der Waals surface area (Å²) in [5, 5.41) is 15.2. The molecule has 0 saturated heterocycles. The number of benzene rings is 1. The molecule has 0 aliphatic rings. The Hall–Kier alpha value is -2.37. The Kier molecular flexibility index (Phi) is 4.26. The molecule has 0 amide bonds. The molecule has 112 valence electrons. The third kappa shape index (κ3) is 3.21. The molecule has 21 heavy (non-hydrogen) atoms. The van der Waals surface area contributed by atoms with Crippen molar-refractivity contribution in [1.82, 2.24) is 9.78 Å². The van der Waals surface area contributed by atoms with Gasteiger partial charge in [0.2, 0.25) is 0 Å². The second-order valence-corrected chi connectivity index (χ2v) is 5.12. The molecule has 0 saturated carbocycles. The van der Waals surface area contributed by atoms with Gasteiger partial charge in [-0.05, 0) is 44.9 Å². The van der Waals surface area contributed by atoms with E-state index in [0.29, 0.717) is 24.5 Å². The Balaban J connectivity index is 2.06. The Morgan fingerprint density at radius 2 is 2.00 bits per heavy atom. The minimum Gasteiger partial charge on any atom is -0.491 e. The SMILES string of the molecule is Cc1ccc(C)c(OCCn2nc(C)c([N+](=O)[O-])c2C)c1. The number of hydrogen-bond acceptors (Lipinski definition) is 4. The summed E-state index contributed by atoms with van der Waals surface area (Å²) in [6.07, 6.45) is 0. The number of nitro groups is 1. The predicted molar refractivity (Wildman–Crippen MR) is 79.8 cm³/mol. The van der Waals surface area contributed by atoms with E-state index < -0.39 is 0 Å². The highest BCUT2D eigenvalue weighted by atomic mass is 16.6. The van der Waals surface area contributed by atoms with Gasteiger partial charge in [0.15, 0.2) is 0 Å². The molecule has 0 fully saturated rings. The van der Waals surface area contributed by atoms with Crippen molar-refractivity contribution < 1.29 is 9.66 Å². The zero-order chi connectivity index (χ0) is 15.6. The van der Waals surface area contributed by atoms with Gasteiger partial charge in [-0.3, -0.25) is 14.8 Å². The van der Waals surface area contributed by atoms with Crippen molar-refractivity contribution in [3.8, 4) is 5.75 Å². The molecule has 0 spiro atoms. The normalized spacial score (nSPS) is 10.7. The fourth-order valence-electron chi connectivity index (χ4n) is 2.27. The summed E-state index contributed by atoms with van der Waals surface area (Å²) >= 11 is 0. The lowest BCUT2D eigenvalue weighted by Gasteiger charge is -2.10. The molecule has 0 radical (unpaired) electrons. The summed E-state index contributed by atoms with van der Waals surface area (Å²) in [4.78, 5) is 10.6. The maximum Gasteiger partial charge on any atom is 0.312 e. The third-order valence-electron chi connectivity index (χ3n) is 3.43. The smallest absolute Gasteiger partial charge is 0.312 e. The molecule has 2 rings (SSSR count). The van der Waals surface area contributed by atoms with Crippen molar-refractivity contribution in [3.63, 3.8) is 0 Å². The first-order valence-corrected chi connectivity index (χ1v) is 6.78. The Bertz CT molecular complexity index is 677. The molecule has 0 bridgehead atoms. The summed E-state index contributed by atoms with van der Waals surface area (Å²) in [5.41, 5.74) is 3.28. The molecule has 6 nitrogen and oxygen atoms in total. The Morgan fingerprint density at radius 3 is 2.62 bits per heavy atom. The van der Waals surface area contributed by atoms with Crippen molar-refractivity contribution in [3.05, 3.63) is 50.8 Å². The van der Waals surface area contributed by atoms with Crippen LogP contribution in [0.1, 0.15) is 22.5 Å². The van der Waals surface area contributed by atoms with Crippen molar-refractivity contribution >= 4 is 5.69 Å². The third-order valence-corrected chi connectivity index (χ3v) is 3.43. The highest BCUT2D eigenvalue weighted by molar-refractivity contribution is 5.39. The number of nitrogens with zero attached hydrogens (tertiary/aromatic N) is 3. The lowest BCUT2D eigenvalue weighted by atomic mass is 10.1. The first-order valence-electron chi connectivity index (χ1n) is 6.78. The van der Waals surface area contributed by atoms with Gasteiger partial charge in [-0.25, -0.2) is 0 Å². The number of rotatable bonds is 5. The van der Waals surface area contributed by atoms with Crippen LogP contribution in [0.4, 0.5) is 5.69 Å². The lowest BCUT2D eigenvalue weighted by molar-refractivity contribution is -0.386. The van der Waals surface area contributed by atoms with E-state index in [0.717, 1.165) is 16.9 Å². The molecule has 0 aliphatic carbocycles. The van der Waals surface area contributed by atoms with Gasteiger partial charge in [0.25, 0.3) is 0 Å². The van der Waals surface area contributed by atoms with E-state index in [1.807, 2.05) is 32.0 Å². The summed E-state index contributed by atoms with van der Waals surface area (Å²) in [6, 6.07) is 6.03. The first-order chi connectivity index (χ1) is 9.90. The molecular weight excluding hydrogens is 270 g/mol. The number of hydrogen-bond donors (Lipinski definition) is 0. The summed E-state index contributed by atoms with van der Waals surface area (Å²) < 4.78 is 7.38. The zero-order valence-electron chi connectivity index (χ0n) is 12.7. The van der Waals surface area contributed by atoms with Gasteiger partial charge >= 0.3 is 5.69 Å². The molecule has 0 unspecified atom stereocenters. The zero-order valence-corrected chi connectivity index (χ0v) is 12.7. The van der Waals surface area contributed by atoms with Crippen LogP contribution in [-0.2, 0) is 6.54 Å². The molecule has 1 heterocycles. The maximum atomic E-state index is 11.0. The molecule has 0 aliphatic heterocycles. The quantitative estimate of drug-likeness (QED) is 0.626. The van der Waals surface area contributed by atoms with Gasteiger partial charge in [0.1, 0.15) is 23.7 Å². The van der Waals surface area contributed by atoms with Gasteiger partial charge in [0.05, 0.1) is 11.5 Å². The number of aryl methyl sites for hydroxylation is 3. The van der Waals surface area contributed by atoms with Gasteiger partial charge in [-0.1, -0.05) is 12.1 Å². The van der Waals surface area contributed by atoms with Crippen LogP contribution in [-0.4, -0.2) is 21.3 Å². The van der Waals surface area contributed by atoms with E-state index in [1.165, 1.54) is 0 Å². The van der Waals surface area contributed by atoms with Gasteiger partial charge in [-0.2, -0.15) is 5.10 Å². The minimum absolute atomic E-state index is 0.0849. The Morgan fingerprint density at radius 1 is 1.29 bits per heavy atom. The van der Waals surface area contributed by atoms with Gasteiger partial charge in [-0.15, -0.1) is 0 Å². The van der Waals surface area contributed by atoms with Gasteiger partial charge < -0.3 is 4.74 Å². The van der Waals surface area contributed by atoms with E-state index in [1.54, 1.807) is 18.5 Å². The first kappa shape index (κ1) is 15.0. The van der Waals surface area contributed by atoms with Crippen LogP contribution in [0.3, 0.4) is 0 Å². The average Bonchev–Trinajstić information content (AvgIpc) is 2.68. The number of ether oxygens (including phenoxy) is 1. The van der Waals surface area contributed by atoms with E-state index >= 15 is 0 Å². The van der Waals surface area contributed by atoms with E-state index in [2.05, 4.69) is 5.10 Å². The highest BCUT2D eigenvalue weighted by Gasteiger charge is 2.21. The standard InChI is InChI=1S/C15H19N3O3/c1-10-5-6-11(2)14(9-10)21-8-7-17-13(4)15(18(19)20)12(3)16-17/h5-6,9H,7-8H2,1-4H3. The van der Waals surface area contributed by atoms with Crippen molar-refractivity contribution in [2.24, 2.45) is 0 Å². The molecule has 1 aromatic heterocycles. The van der Waals surface area contributed by atoms with Gasteiger partial charge in [0, 0.05) is 0 Å². The van der Waals surface area contributed by atoms with E-state index in [4.69, 9.17) is 4.74 Å². The monoisotopic (exact) mass is 289 g/mol. The maximum absolute atomic E-state index is 11.0. The summed E-state index contributed by atoms with van der Waals surface area (Å²) in [5.74, 6) is 0.839. The van der Waals surface area contributed by atoms with E-state index in [9.17, 15) is 10.1 Å². The van der Waals surface area contributed by atoms with Crippen LogP contribution in [0.2, 0.25) is 0 Å². The van der Waals surface area contributed by atoms with Crippen LogP contribution in [0, 0.1) is 37.8 Å². The summed E-state index contributed by atoms with van der Waals surface area (Å²) in [7, 11) is 0. The molecule has 1 aromatic carbocycles. The van der Waals surface area contributed by atoms with Crippen molar-refractivity contribution in [2.45, 2.75) is 34.2 Å². The van der Waals surface area contributed by atoms with Crippen LogP contribution in [0.15, 0.2) is 18.2 Å². The lowest BCUT2D eigenvalue weighted by Crippen LogP contribution is -2.11. The number of aromatic nitrogens is 2. The second kappa shape index (κ2) is 5.95. The van der Waals surface area contributed by atoms with Crippen LogP contribution < -0.4 is 4.74 Å². The average molecular weight is 289 g/mol. The highest BCUT2D eigenvalue weighted by Crippen LogP contribution is 2.22. The molecular formula is C15H19N3O3. The fraction of sp³-hybridized carbons (Fsp3) is 0.400. The topological polar surface area (TPSA) is 70.2 Å². The minimum atomic E-state index is -0.389. The van der Waals surface area contributed by atoms with Crippen LogP contribution in [0.25, 0.3) is 0 Å². The largest absolute Gasteiger partial charge is 0.491 e. The van der Waals surface area contributed by atoms with E-state index in [-0.39, 0.29) is 10.6 Å². The molecule has 6 heteroatoms. The van der Waals surface area contributed by atoms with Crippen molar-refractivity contribution in [2.75, 3.05) is 6.61 Å². The molecule has 0 N–H and O–H groups in total. The molecule has 0 atom stereocenters. The summed E-state index contributed by atoms with van der Waals surface area (Å²) in [6.45, 7) is 8.25. The molecule has 2 aromatic rings.